The largest absolute Gasteiger partial charge is 0.497 e. The van der Waals surface area contributed by atoms with E-state index in [0.29, 0.717) is 24.6 Å². The topological polar surface area (TPSA) is 97.5 Å². The highest BCUT2D eigenvalue weighted by Gasteiger charge is 2.32. The first kappa shape index (κ1) is 20.6. The smallest absolute Gasteiger partial charge is 0.257 e. The Morgan fingerprint density at radius 3 is 2.65 bits per heavy atom. The number of aromatic nitrogens is 3. The summed E-state index contributed by atoms with van der Waals surface area (Å²) in [5.74, 6) is 1.70. The molecule has 1 aromatic carbocycles. The van der Waals surface area contributed by atoms with Gasteiger partial charge in [0.05, 0.1) is 18.4 Å². The predicted octanol–water partition coefficient (Wildman–Crippen LogP) is 2.83. The van der Waals surface area contributed by atoms with Gasteiger partial charge in [-0.15, -0.1) is 0 Å². The van der Waals surface area contributed by atoms with E-state index in [0.717, 1.165) is 29.0 Å². The van der Waals surface area contributed by atoms with Gasteiger partial charge in [-0.2, -0.15) is 0 Å². The van der Waals surface area contributed by atoms with Crippen molar-refractivity contribution in [1.82, 2.24) is 19.9 Å². The van der Waals surface area contributed by atoms with Gasteiger partial charge in [-0.25, -0.2) is 15.0 Å². The van der Waals surface area contributed by atoms with E-state index < -0.39 is 0 Å². The summed E-state index contributed by atoms with van der Waals surface area (Å²) in [6.45, 7) is 1.21. The number of hydrogen-bond acceptors (Lipinski definition) is 7. The number of hydrogen-bond donors (Lipinski definition) is 1. The number of anilines is 2. The number of methoxy groups -OCH3 is 1. The van der Waals surface area contributed by atoms with Crippen molar-refractivity contribution in [3.63, 3.8) is 0 Å². The summed E-state index contributed by atoms with van der Waals surface area (Å²) in [6, 6.07) is 11.3. The lowest BCUT2D eigenvalue weighted by atomic mass is 9.96. The Labute approximate surface area is 181 Å². The fourth-order valence-electron chi connectivity index (χ4n) is 3.84. The van der Waals surface area contributed by atoms with Crippen LogP contribution in [0.1, 0.15) is 28.4 Å². The number of carbonyl (C=O) groups excluding carboxylic acids is 1. The van der Waals surface area contributed by atoms with Gasteiger partial charge >= 0.3 is 0 Å². The van der Waals surface area contributed by atoms with Crippen molar-refractivity contribution in [3.8, 4) is 16.9 Å². The minimum Gasteiger partial charge on any atom is -0.497 e. The van der Waals surface area contributed by atoms with E-state index in [9.17, 15) is 4.79 Å². The van der Waals surface area contributed by atoms with Gasteiger partial charge in [0.2, 0.25) is 5.95 Å². The molecule has 1 aliphatic rings. The van der Waals surface area contributed by atoms with Crippen LogP contribution in [0.4, 0.5) is 11.8 Å². The molecular formula is C23H26N6O2. The number of rotatable bonds is 5. The zero-order valence-electron chi connectivity index (χ0n) is 17.9. The summed E-state index contributed by atoms with van der Waals surface area (Å²) in [7, 11) is 5.48. The fraction of sp³-hybridized carbons (Fsp3) is 0.304. The number of likely N-dealkylation sites (tertiary alicyclic amines) is 1. The summed E-state index contributed by atoms with van der Waals surface area (Å²) in [4.78, 5) is 30.1. The normalized spacial score (nSPS) is 15.7. The van der Waals surface area contributed by atoms with Crippen LogP contribution in [0.5, 0.6) is 5.75 Å². The van der Waals surface area contributed by atoms with Crippen molar-refractivity contribution in [2.24, 2.45) is 0 Å². The Hall–Kier alpha value is -3.68. The van der Waals surface area contributed by atoms with Gasteiger partial charge in [-0.1, -0.05) is 12.1 Å². The number of pyridine rings is 1. The first-order valence-electron chi connectivity index (χ1n) is 10.2. The molecule has 160 valence electrons. The van der Waals surface area contributed by atoms with Gasteiger partial charge in [0.15, 0.2) is 0 Å². The number of nitrogens with two attached hydrogens (primary N) is 1. The van der Waals surface area contributed by atoms with Crippen LogP contribution in [-0.2, 0) is 0 Å². The standard InChI is InChI=1S/C23H26N6O2/c1-28(2)23-26-13-19(15-6-8-17(31-3)9-7-15)20(27-23)16-10-12-29(14-16)22(30)18-5-4-11-25-21(18)24/h4-9,11,13,16H,10,12,14H2,1-3H3,(H2,24,25)/t16-/m0/s1. The second-order valence-electron chi connectivity index (χ2n) is 7.76. The van der Waals surface area contributed by atoms with E-state index in [1.54, 1.807) is 25.4 Å². The van der Waals surface area contributed by atoms with Crippen molar-refractivity contribution in [2.75, 3.05) is 44.9 Å². The van der Waals surface area contributed by atoms with E-state index >= 15 is 0 Å². The molecule has 0 aliphatic carbocycles. The summed E-state index contributed by atoms with van der Waals surface area (Å²) >= 11 is 0. The maximum atomic E-state index is 13.0. The molecule has 0 saturated carbocycles. The second kappa shape index (κ2) is 8.59. The SMILES string of the molecule is COc1ccc(-c2cnc(N(C)C)nc2[C@H]2CCN(C(=O)c3cccnc3N)C2)cc1. The quantitative estimate of drug-likeness (QED) is 0.680. The first-order valence-corrected chi connectivity index (χ1v) is 10.2. The predicted molar refractivity (Wildman–Crippen MR) is 120 cm³/mol. The third-order valence-corrected chi connectivity index (χ3v) is 5.54. The first-order chi connectivity index (χ1) is 15.0. The van der Waals surface area contributed by atoms with Gasteiger partial charge < -0.3 is 20.3 Å². The summed E-state index contributed by atoms with van der Waals surface area (Å²) in [6.07, 6.45) is 4.27. The zero-order chi connectivity index (χ0) is 22.0. The highest BCUT2D eigenvalue weighted by atomic mass is 16.5. The summed E-state index contributed by atoms with van der Waals surface area (Å²) < 4.78 is 5.28. The van der Waals surface area contributed by atoms with Crippen molar-refractivity contribution in [2.45, 2.75) is 12.3 Å². The average Bonchev–Trinajstić information content (AvgIpc) is 3.29. The van der Waals surface area contributed by atoms with Crippen LogP contribution < -0.4 is 15.4 Å². The summed E-state index contributed by atoms with van der Waals surface area (Å²) in [5.41, 5.74) is 9.28. The number of carbonyl (C=O) groups is 1. The third-order valence-electron chi connectivity index (χ3n) is 5.54. The van der Waals surface area contributed by atoms with E-state index in [2.05, 4.69) is 9.97 Å². The number of ether oxygens (including phenoxy) is 1. The van der Waals surface area contributed by atoms with Crippen molar-refractivity contribution < 1.29 is 9.53 Å². The van der Waals surface area contributed by atoms with Crippen LogP contribution in [0.3, 0.4) is 0 Å². The molecule has 1 aliphatic heterocycles. The van der Waals surface area contributed by atoms with Crippen LogP contribution in [0.25, 0.3) is 11.1 Å². The Morgan fingerprint density at radius 2 is 1.97 bits per heavy atom. The van der Waals surface area contributed by atoms with E-state index in [4.69, 9.17) is 15.5 Å². The second-order valence-corrected chi connectivity index (χ2v) is 7.76. The molecule has 0 bridgehead atoms. The highest BCUT2D eigenvalue weighted by molar-refractivity contribution is 5.98. The average molecular weight is 419 g/mol. The minimum absolute atomic E-state index is 0.0963. The number of benzene rings is 1. The van der Waals surface area contributed by atoms with E-state index in [1.807, 2.05) is 54.4 Å². The Balaban J connectivity index is 1.65. The summed E-state index contributed by atoms with van der Waals surface area (Å²) in [5, 5.41) is 0. The van der Waals surface area contributed by atoms with Crippen molar-refractivity contribution in [1.29, 1.82) is 0 Å². The van der Waals surface area contributed by atoms with Crippen LogP contribution in [0, 0.1) is 0 Å². The molecule has 1 fully saturated rings. The molecule has 0 spiro atoms. The maximum absolute atomic E-state index is 13.0. The molecule has 0 unspecified atom stereocenters. The molecule has 3 aromatic rings. The third kappa shape index (κ3) is 4.14. The molecule has 0 radical (unpaired) electrons. The van der Waals surface area contributed by atoms with Crippen molar-refractivity contribution in [3.05, 3.63) is 60.0 Å². The minimum atomic E-state index is -0.0963. The molecule has 3 heterocycles. The van der Waals surface area contributed by atoms with Crippen LogP contribution in [0.15, 0.2) is 48.8 Å². The Morgan fingerprint density at radius 1 is 1.19 bits per heavy atom. The molecule has 1 saturated heterocycles. The molecule has 1 atom stereocenters. The molecule has 31 heavy (non-hydrogen) atoms. The molecule has 2 N–H and O–H groups in total. The number of nitrogen functional groups attached to an aromatic ring is 1. The highest BCUT2D eigenvalue weighted by Crippen LogP contribution is 2.35. The zero-order valence-corrected chi connectivity index (χ0v) is 17.9. The lowest BCUT2D eigenvalue weighted by Crippen LogP contribution is -2.29. The lowest BCUT2D eigenvalue weighted by molar-refractivity contribution is 0.0791. The van der Waals surface area contributed by atoms with Crippen molar-refractivity contribution >= 4 is 17.7 Å². The molecule has 8 heteroatoms. The van der Waals surface area contributed by atoms with Gasteiger partial charge in [-0.3, -0.25) is 4.79 Å². The van der Waals surface area contributed by atoms with Gasteiger partial charge in [0.25, 0.3) is 5.91 Å². The monoisotopic (exact) mass is 418 g/mol. The van der Waals surface area contributed by atoms with Crippen LogP contribution >= 0.6 is 0 Å². The van der Waals surface area contributed by atoms with E-state index in [1.165, 1.54) is 0 Å². The van der Waals surface area contributed by atoms with Crippen LogP contribution in [-0.4, -0.2) is 60.1 Å². The lowest BCUT2D eigenvalue weighted by Gasteiger charge is -2.20. The Kier molecular flexibility index (Phi) is 5.70. The molecular weight excluding hydrogens is 392 g/mol. The number of nitrogens with zero attached hydrogens (tertiary/aromatic N) is 5. The molecule has 4 rings (SSSR count). The Bertz CT molecular complexity index is 1080. The maximum Gasteiger partial charge on any atom is 0.257 e. The molecule has 2 aromatic heterocycles. The fourth-order valence-corrected chi connectivity index (χ4v) is 3.84. The van der Waals surface area contributed by atoms with Crippen LogP contribution in [0.2, 0.25) is 0 Å². The molecule has 1 amide bonds. The number of amides is 1. The van der Waals surface area contributed by atoms with Gasteiger partial charge in [-0.05, 0) is 36.2 Å². The van der Waals surface area contributed by atoms with E-state index in [-0.39, 0.29) is 17.6 Å². The van der Waals surface area contributed by atoms with Gasteiger partial charge in [0.1, 0.15) is 11.6 Å². The molecule has 8 nitrogen and oxygen atoms in total. The van der Waals surface area contributed by atoms with Gasteiger partial charge in [0, 0.05) is 51.1 Å².